The molecule has 0 aliphatic carbocycles. The van der Waals surface area contributed by atoms with E-state index in [0.717, 1.165) is 22.3 Å². The van der Waals surface area contributed by atoms with Gasteiger partial charge in [-0.2, -0.15) is 0 Å². The molecule has 1 N–H and O–H groups in total. The Kier molecular flexibility index (Phi) is 9.84. The molecule has 3 aromatic carbocycles. The zero-order valence-electron chi connectivity index (χ0n) is 22.4. The predicted molar refractivity (Wildman–Crippen MR) is 145 cm³/mol. The Labute approximate surface area is 219 Å². The van der Waals surface area contributed by atoms with Crippen LogP contribution in [0.3, 0.4) is 0 Å². The Balaban J connectivity index is 1.94. The van der Waals surface area contributed by atoms with Gasteiger partial charge in [-0.25, -0.2) is 4.39 Å². The lowest BCUT2D eigenvalue weighted by molar-refractivity contribution is -0.142. The minimum absolute atomic E-state index is 0.0483. The molecule has 0 spiro atoms. The van der Waals surface area contributed by atoms with Crippen LogP contribution in [0.4, 0.5) is 4.39 Å². The maximum absolute atomic E-state index is 14.7. The molecule has 0 saturated carbocycles. The molecule has 6 heteroatoms. The summed E-state index contributed by atoms with van der Waals surface area (Å²) in [6, 6.07) is 19.0. The van der Waals surface area contributed by atoms with E-state index in [2.05, 4.69) is 11.4 Å². The molecule has 5 nitrogen and oxygen atoms in total. The summed E-state index contributed by atoms with van der Waals surface area (Å²) in [5.74, 6) is -0.215. The number of benzene rings is 3. The zero-order chi connectivity index (χ0) is 26.9. The number of hydrogen-bond donors (Lipinski definition) is 1. The van der Waals surface area contributed by atoms with Crippen LogP contribution in [-0.4, -0.2) is 35.9 Å². The maximum atomic E-state index is 14.7. The minimum atomic E-state index is -0.836. The third kappa shape index (κ3) is 7.91. The van der Waals surface area contributed by atoms with Gasteiger partial charge in [0.1, 0.15) is 17.6 Å². The van der Waals surface area contributed by atoms with Crippen LogP contribution in [0, 0.1) is 32.5 Å². The van der Waals surface area contributed by atoms with E-state index < -0.39 is 11.9 Å². The second-order valence-electron chi connectivity index (χ2n) is 9.95. The fourth-order valence-electron chi connectivity index (χ4n) is 4.16. The van der Waals surface area contributed by atoms with Crippen LogP contribution < -0.4 is 10.1 Å². The number of rotatable bonds is 11. The second-order valence-corrected chi connectivity index (χ2v) is 9.95. The van der Waals surface area contributed by atoms with Gasteiger partial charge in [0.25, 0.3) is 5.91 Å². The molecule has 0 radical (unpaired) electrons. The van der Waals surface area contributed by atoms with Crippen LogP contribution in [0.1, 0.15) is 41.7 Å². The molecule has 3 rings (SSSR count). The molecule has 196 valence electrons. The lowest BCUT2D eigenvalue weighted by atomic mass is 10.0. The largest absolute Gasteiger partial charge is 0.483 e. The van der Waals surface area contributed by atoms with Crippen LogP contribution in [0.2, 0.25) is 0 Å². The molecule has 37 heavy (non-hydrogen) atoms. The van der Waals surface area contributed by atoms with E-state index in [1.165, 1.54) is 11.0 Å². The molecular weight excluding hydrogens is 467 g/mol. The number of carbonyl (C=O) groups excluding carboxylic acids is 2. The number of amides is 2. The average molecular weight is 505 g/mol. The molecule has 0 saturated heterocycles. The van der Waals surface area contributed by atoms with Gasteiger partial charge in [-0.3, -0.25) is 9.59 Å². The summed E-state index contributed by atoms with van der Waals surface area (Å²) in [5, 5.41) is 2.97. The van der Waals surface area contributed by atoms with Crippen molar-refractivity contribution in [1.29, 1.82) is 0 Å². The summed E-state index contributed by atoms with van der Waals surface area (Å²) in [7, 11) is 0. The summed E-state index contributed by atoms with van der Waals surface area (Å²) in [6.07, 6.45) is 0.299. The molecule has 0 heterocycles. The van der Waals surface area contributed by atoms with Gasteiger partial charge in [-0.1, -0.05) is 68.4 Å². The fraction of sp³-hybridized carbons (Fsp3) is 0.355. The quantitative estimate of drug-likeness (QED) is 0.373. The third-order valence-corrected chi connectivity index (χ3v) is 6.37. The predicted octanol–water partition coefficient (Wildman–Crippen LogP) is 5.54. The highest BCUT2D eigenvalue weighted by Crippen LogP contribution is 2.24. The molecule has 1 atom stereocenters. The molecule has 0 fully saturated rings. The Hall–Kier alpha value is -3.67. The number of halogens is 1. The van der Waals surface area contributed by atoms with Crippen molar-refractivity contribution in [2.45, 2.75) is 53.6 Å². The smallest absolute Gasteiger partial charge is 0.261 e. The minimum Gasteiger partial charge on any atom is -0.483 e. The average Bonchev–Trinajstić information content (AvgIpc) is 2.87. The number of ether oxygens (including phenoxy) is 1. The molecule has 0 aromatic heterocycles. The maximum Gasteiger partial charge on any atom is 0.261 e. The SMILES string of the molecule is Cc1cc(C)c(C)c(OCC(=O)N(Cc2ccccc2F)C(Cc2ccccc2)C(=O)NCC(C)C)c1. The number of nitrogens with one attached hydrogen (secondary N) is 1. The van der Waals surface area contributed by atoms with Crippen molar-refractivity contribution in [1.82, 2.24) is 10.2 Å². The van der Waals surface area contributed by atoms with Crippen LogP contribution in [0.15, 0.2) is 66.7 Å². The molecule has 0 aliphatic rings. The van der Waals surface area contributed by atoms with Crippen LogP contribution in [-0.2, 0) is 22.6 Å². The summed E-state index contributed by atoms with van der Waals surface area (Å²) in [5.41, 5.74) is 4.30. The van der Waals surface area contributed by atoms with Crippen molar-refractivity contribution in [3.8, 4) is 5.75 Å². The standard InChI is InChI=1S/C31H37FN2O3/c1-21(2)18-33-31(36)28(17-25-11-7-6-8-12-25)34(19-26-13-9-10-14-27(26)32)30(35)20-37-29-16-22(3)15-23(4)24(29)5/h6-16,21,28H,17-20H2,1-5H3,(H,33,36). The van der Waals surface area contributed by atoms with E-state index in [4.69, 9.17) is 4.74 Å². The van der Waals surface area contributed by atoms with Crippen molar-refractivity contribution in [3.05, 3.63) is 100 Å². The monoisotopic (exact) mass is 504 g/mol. The molecule has 0 bridgehead atoms. The van der Waals surface area contributed by atoms with Gasteiger partial charge in [0.05, 0.1) is 0 Å². The summed E-state index contributed by atoms with van der Waals surface area (Å²) in [4.78, 5) is 28.6. The first kappa shape index (κ1) is 27.9. The molecule has 0 aliphatic heterocycles. The Morgan fingerprint density at radius 3 is 2.32 bits per heavy atom. The van der Waals surface area contributed by atoms with Crippen molar-refractivity contribution < 1.29 is 18.7 Å². The van der Waals surface area contributed by atoms with Crippen molar-refractivity contribution in [2.75, 3.05) is 13.2 Å². The van der Waals surface area contributed by atoms with Gasteiger partial charge >= 0.3 is 0 Å². The molecule has 1 unspecified atom stereocenters. The van der Waals surface area contributed by atoms with Gasteiger partial charge in [0.2, 0.25) is 5.91 Å². The number of carbonyl (C=O) groups is 2. The van der Waals surface area contributed by atoms with Crippen LogP contribution in [0.25, 0.3) is 0 Å². The second kappa shape index (κ2) is 13.0. The third-order valence-electron chi connectivity index (χ3n) is 6.37. The lowest BCUT2D eigenvalue weighted by Gasteiger charge is -2.32. The molecule has 3 aromatic rings. The molecule has 2 amide bonds. The van der Waals surface area contributed by atoms with E-state index in [1.54, 1.807) is 18.2 Å². The highest BCUT2D eigenvalue weighted by Gasteiger charge is 2.31. The zero-order valence-corrected chi connectivity index (χ0v) is 22.4. The topological polar surface area (TPSA) is 58.6 Å². The Morgan fingerprint density at radius 2 is 1.65 bits per heavy atom. The first-order chi connectivity index (χ1) is 17.7. The lowest BCUT2D eigenvalue weighted by Crippen LogP contribution is -2.52. The van der Waals surface area contributed by atoms with Gasteiger partial charge in [0.15, 0.2) is 6.61 Å². The summed E-state index contributed by atoms with van der Waals surface area (Å²) < 4.78 is 20.7. The van der Waals surface area contributed by atoms with Gasteiger partial charge in [-0.05, 0) is 61.1 Å². The first-order valence-electron chi connectivity index (χ1n) is 12.7. The Bertz CT molecular complexity index is 1210. The van der Waals surface area contributed by atoms with Crippen molar-refractivity contribution in [2.24, 2.45) is 5.92 Å². The van der Waals surface area contributed by atoms with E-state index >= 15 is 0 Å². The number of aryl methyl sites for hydroxylation is 2. The van der Waals surface area contributed by atoms with E-state index in [-0.39, 0.29) is 30.9 Å². The van der Waals surface area contributed by atoms with E-state index in [0.29, 0.717) is 24.3 Å². The number of hydrogen-bond acceptors (Lipinski definition) is 3. The Morgan fingerprint density at radius 1 is 0.973 bits per heavy atom. The van der Waals surface area contributed by atoms with Crippen molar-refractivity contribution in [3.63, 3.8) is 0 Å². The number of nitrogens with zero attached hydrogens (tertiary/aromatic N) is 1. The highest BCUT2D eigenvalue weighted by atomic mass is 19.1. The highest BCUT2D eigenvalue weighted by molar-refractivity contribution is 5.88. The fourth-order valence-corrected chi connectivity index (χ4v) is 4.16. The van der Waals surface area contributed by atoms with E-state index in [1.807, 2.05) is 71.0 Å². The van der Waals surface area contributed by atoms with Crippen molar-refractivity contribution >= 4 is 11.8 Å². The van der Waals surface area contributed by atoms with Crippen LogP contribution >= 0.6 is 0 Å². The molecular formula is C31H37FN2O3. The van der Waals surface area contributed by atoms with Gasteiger partial charge < -0.3 is 15.0 Å². The van der Waals surface area contributed by atoms with Crippen LogP contribution in [0.5, 0.6) is 5.75 Å². The van der Waals surface area contributed by atoms with Gasteiger partial charge in [-0.15, -0.1) is 0 Å². The summed E-state index contributed by atoms with van der Waals surface area (Å²) >= 11 is 0. The first-order valence-corrected chi connectivity index (χ1v) is 12.7. The normalized spacial score (nSPS) is 11.8. The van der Waals surface area contributed by atoms with E-state index in [9.17, 15) is 14.0 Å². The van der Waals surface area contributed by atoms with Gasteiger partial charge in [0, 0.05) is 25.1 Å². The summed E-state index contributed by atoms with van der Waals surface area (Å²) in [6.45, 7) is 10.1.